The van der Waals surface area contributed by atoms with E-state index in [1.165, 1.54) is 18.2 Å². The fourth-order valence-corrected chi connectivity index (χ4v) is 5.75. The maximum atomic E-state index is 13.9. The molecule has 0 saturated carbocycles. The van der Waals surface area contributed by atoms with E-state index >= 15 is 0 Å². The Kier molecular flexibility index (Phi) is 7.87. The van der Waals surface area contributed by atoms with Gasteiger partial charge in [0.15, 0.2) is 6.61 Å². The number of benzene rings is 2. The summed E-state index contributed by atoms with van der Waals surface area (Å²) in [5, 5.41) is -0.422. The summed E-state index contributed by atoms with van der Waals surface area (Å²) in [5.41, 5.74) is -0.578. The number of piperidine rings is 1. The molecule has 0 bridgehead atoms. The summed E-state index contributed by atoms with van der Waals surface area (Å²) in [7, 11) is -4.37. The van der Waals surface area contributed by atoms with Gasteiger partial charge in [0.1, 0.15) is 10.7 Å². The third kappa shape index (κ3) is 5.77. The van der Waals surface area contributed by atoms with Crippen LogP contribution in [0.25, 0.3) is 0 Å². The van der Waals surface area contributed by atoms with Gasteiger partial charge in [0.05, 0.1) is 21.3 Å². The molecule has 1 fully saturated rings. The molecule has 2 unspecified atom stereocenters. The molecule has 11 heteroatoms. The molecule has 1 aliphatic heterocycles. The zero-order valence-corrected chi connectivity index (χ0v) is 20.3. The fraction of sp³-hybridized carbons (Fsp3) is 0.364. The molecular formula is C22H23Cl2FN2O5S. The van der Waals surface area contributed by atoms with Crippen molar-refractivity contribution in [2.24, 2.45) is 0 Å². The smallest absolute Gasteiger partial charge is 0.340 e. The van der Waals surface area contributed by atoms with Crippen LogP contribution in [0, 0.1) is 5.82 Å². The van der Waals surface area contributed by atoms with Gasteiger partial charge in [0.2, 0.25) is 0 Å². The first kappa shape index (κ1) is 25.3. The molecule has 7 nitrogen and oxygen atoms in total. The molecule has 2 aromatic rings. The third-order valence-corrected chi connectivity index (χ3v) is 7.60. The van der Waals surface area contributed by atoms with Crippen LogP contribution in [0.1, 0.15) is 43.5 Å². The number of halogens is 3. The number of ether oxygens (including phenoxy) is 1. The molecule has 1 N–H and O–H groups in total. The van der Waals surface area contributed by atoms with Gasteiger partial charge in [0, 0.05) is 12.1 Å². The maximum absolute atomic E-state index is 13.9. The zero-order chi connectivity index (χ0) is 24.3. The van der Waals surface area contributed by atoms with E-state index in [1.54, 1.807) is 4.90 Å². The number of para-hydroxylation sites is 1. The van der Waals surface area contributed by atoms with E-state index in [0.29, 0.717) is 0 Å². The van der Waals surface area contributed by atoms with Crippen molar-refractivity contribution >= 4 is 50.8 Å². The molecule has 1 amide bonds. The number of amides is 1. The van der Waals surface area contributed by atoms with Gasteiger partial charge in [-0.15, -0.1) is 0 Å². The highest BCUT2D eigenvalue weighted by atomic mass is 35.5. The number of sulfonamides is 1. The molecule has 0 aromatic heterocycles. The van der Waals surface area contributed by atoms with E-state index < -0.39 is 33.3 Å². The van der Waals surface area contributed by atoms with E-state index in [1.807, 2.05) is 13.8 Å². The fourth-order valence-electron chi connectivity index (χ4n) is 3.83. The first-order chi connectivity index (χ1) is 15.5. The van der Waals surface area contributed by atoms with Crippen molar-refractivity contribution in [3.63, 3.8) is 0 Å². The molecule has 2 atom stereocenters. The highest BCUT2D eigenvalue weighted by molar-refractivity contribution is 7.92. The molecule has 1 saturated heterocycles. The highest BCUT2D eigenvalue weighted by Gasteiger charge is 2.30. The minimum absolute atomic E-state index is 0.0280. The summed E-state index contributed by atoms with van der Waals surface area (Å²) < 4.78 is 46.7. The number of rotatable bonds is 6. The van der Waals surface area contributed by atoms with E-state index in [9.17, 15) is 22.4 Å². The van der Waals surface area contributed by atoms with Crippen LogP contribution in [0.4, 0.5) is 10.1 Å². The summed E-state index contributed by atoms with van der Waals surface area (Å²) in [5.74, 6) is -2.11. The second-order valence-electron chi connectivity index (χ2n) is 7.85. The van der Waals surface area contributed by atoms with E-state index in [-0.39, 0.29) is 39.3 Å². The molecule has 178 valence electrons. The summed E-state index contributed by atoms with van der Waals surface area (Å²) in [6.45, 7) is 3.36. The zero-order valence-electron chi connectivity index (χ0n) is 18.0. The van der Waals surface area contributed by atoms with Crippen molar-refractivity contribution < 1.29 is 27.1 Å². The lowest BCUT2D eigenvalue weighted by atomic mass is 9.97. The lowest BCUT2D eigenvalue weighted by Gasteiger charge is -2.38. The average molecular weight is 517 g/mol. The number of hydrogen-bond donors (Lipinski definition) is 1. The number of anilines is 1. The van der Waals surface area contributed by atoms with Gasteiger partial charge < -0.3 is 9.64 Å². The van der Waals surface area contributed by atoms with Crippen LogP contribution in [0.15, 0.2) is 41.3 Å². The van der Waals surface area contributed by atoms with Gasteiger partial charge in [-0.1, -0.05) is 35.3 Å². The van der Waals surface area contributed by atoms with Crippen LogP contribution >= 0.6 is 23.2 Å². The Morgan fingerprint density at radius 2 is 1.76 bits per heavy atom. The molecule has 0 radical (unpaired) electrons. The molecule has 2 aromatic carbocycles. The van der Waals surface area contributed by atoms with Crippen LogP contribution in [-0.2, 0) is 19.6 Å². The van der Waals surface area contributed by atoms with Gasteiger partial charge in [0.25, 0.3) is 15.9 Å². The summed E-state index contributed by atoms with van der Waals surface area (Å²) >= 11 is 12.1. The minimum atomic E-state index is -4.37. The largest absolute Gasteiger partial charge is 0.452 e. The number of esters is 1. The molecule has 1 aliphatic rings. The first-order valence-corrected chi connectivity index (χ1v) is 12.5. The summed E-state index contributed by atoms with van der Waals surface area (Å²) in [6.07, 6.45) is 2.75. The normalized spacial score (nSPS) is 18.6. The van der Waals surface area contributed by atoms with E-state index in [4.69, 9.17) is 27.9 Å². The molecule has 33 heavy (non-hydrogen) atoms. The van der Waals surface area contributed by atoms with Crippen LogP contribution in [-0.4, -0.2) is 43.9 Å². The van der Waals surface area contributed by atoms with Gasteiger partial charge in [-0.2, -0.15) is 0 Å². The highest BCUT2D eigenvalue weighted by Crippen LogP contribution is 2.31. The first-order valence-electron chi connectivity index (χ1n) is 10.3. The molecule has 3 rings (SSSR count). The van der Waals surface area contributed by atoms with Crippen molar-refractivity contribution in [2.45, 2.75) is 50.1 Å². The van der Waals surface area contributed by atoms with Crippen molar-refractivity contribution in [1.29, 1.82) is 0 Å². The van der Waals surface area contributed by atoms with E-state index in [0.717, 1.165) is 37.5 Å². The van der Waals surface area contributed by atoms with Gasteiger partial charge >= 0.3 is 5.97 Å². The van der Waals surface area contributed by atoms with Gasteiger partial charge in [-0.25, -0.2) is 17.6 Å². The van der Waals surface area contributed by atoms with Crippen LogP contribution < -0.4 is 4.72 Å². The lowest BCUT2D eigenvalue weighted by molar-refractivity contribution is -0.140. The Morgan fingerprint density at radius 1 is 1.12 bits per heavy atom. The maximum Gasteiger partial charge on any atom is 0.340 e. The Labute approximate surface area is 201 Å². The quantitative estimate of drug-likeness (QED) is 0.552. The number of likely N-dealkylation sites (tertiary alicyclic amines) is 1. The SMILES string of the molecule is CC1CCCC(C)N1C(=O)COC(=O)c1cc(S(=O)(=O)Nc2ccccc2F)c(Cl)cc1Cl. The number of carbonyl (C=O) groups excluding carboxylic acids is 2. The predicted octanol–water partition coefficient (Wildman–Crippen LogP) is 4.88. The second kappa shape index (κ2) is 10.3. The van der Waals surface area contributed by atoms with Crippen molar-refractivity contribution in [1.82, 2.24) is 4.90 Å². The lowest BCUT2D eigenvalue weighted by Crippen LogP contribution is -2.49. The summed E-state index contributed by atoms with van der Waals surface area (Å²) in [6, 6.07) is 7.25. The summed E-state index contributed by atoms with van der Waals surface area (Å²) in [4.78, 5) is 26.4. The molecule has 0 spiro atoms. The standard InChI is InChI=1S/C22H23Cl2FN2O5S/c1-13-6-5-7-14(2)27(13)21(28)12-32-22(29)15-10-20(17(24)11-16(15)23)33(30,31)26-19-9-4-3-8-18(19)25/h3-4,8-11,13-14,26H,5-7,12H2,1-2H3. The monoisotopic (exact) mass is 516 g/mol. The number of nitrogens with zero attached hydrogens (tertiary/aromatic N) is 1. The minimum Gasteiger partial charge on any atom is -0.452 e. The molecular weight excluding hydrogens is 494 g/mol. The molecule has 1 heterocycles. The third-order valence-electron chi connectivity index (χ3n) is 5.46. The van der Waals surface area contributed by atoms with Crippen LogP contribution in [0.5, 0.6) is 0 Å². The van der Waals surface area contributed by atoms with Crippen LogP contribution in [0.3, 0.4) is 0 Å². The van der Waals surface area contributed by atoms with Crippen molar-refractivity contribution in [3.05, 3.63) is 57.8 Å². The predicted molar refractivity (Wildman–Crippen MR) is 124 cm³/mol. The van der Waals surface area contributed by atoms with Crippen molar-refractivity contribution in [3.8, 4) is 0 Å². The average Bonchev–Trinajstić information content (AvgIpc) is 2.73. The van der Waals surface area contributed by atoms with Gasteiger partial charge in [-0.05, 0) is 57.4 Å². The Morgan fingerprint density at radius 3 is 2.39 bits per heavy atom. The number of hydrogen-bond acceptors (Lipinski definition) is 5. The Hall–Kier alpha value is -2.36. The van der Waals surface area contributed by atoms with Crippen LogP contribution in [0.2, 0.25) is 10.0 Å². The topological polar surface area (TPSA) is 92.8 Å². The number of carbonyl (C=O) groups is 2. The second-order valence-corrected chi connectivity index (χ2v) is 10.3. The van der Waals surface area contributed by atoms with Crippen molar-refractivity contribution in [2.75, 3.05) is 11.3 Å². The number of nitrogens with one attached hydrogen (secondary N) is 1. The molecule has 0 aliphatic carbocycles. The Bertz CT molecular complexity index is 1170. The Balaban J connectivity index is 1.79. The van der Waals surface area contributed by atoms with E-state index in [2.05, 4.69) is 4.72 Å². The van der Waals surface area contributed by atoms with Gasteiger partial charge in [-0.3, -0.25) is 9.52 Å².